The zero-order valence-corrected chi connectivity index (χ0v) is 32.2. The predicted molar refractivity (Wildman–Crippen MR) is 216 cm³/mol. The van der Waals surface area contributed by atoms with Gasteiger partial charge >= 0.3 is 5.97 Å². The number of ether oxygens (including phenoxy) is 1. The average Bonchev–Trinajstić information content (AvgIpc) is 3.87. The van der Waals surface area contributed by atoms with Gasteiger partial charge in [0, 0.05) is 23.9 Å². The normalized spacial score (nSPS) is 11.1. The van der Waals surface area contributed by atoms with E-state index >= 15 is 0 Å². The maximum Gasteiger partial charge on any atom is 0.337 e. The van der Waals surface area contributed by atoms with Crippen LogP contribution in [0.25, 0.3) is 21.9 Å². The summed E-state index contributed by atoms with van der Waals surface area (Å²) in [6, 6.07) is 15.8. The SMILES string of the molecule is C1CCSC1.C=O.CCCCCCCNCCCNc1nc(Cc2ccccc2)nc2[nH]c3cc(C(=O)OC)ccc3c12.CN.CNC.NC=O. The molecule has 2 aromatic carbocycles. The predicted octanol–water partition coefficient (Wildman–Crippen LogP) is 5.69. The molecule has 5 rings (SSSR count). The van der Waals surface area contributed by atoms with Crippen LogP contribution in [0.1, 0.15) is 80.0 Å². The Balaban J connectivity index is 0.00000142. The minimum Gasteiger partial charge on any atom is -0.465 e. The maximum atomic E-state index is 12.0. The van der Waals surface area contributed by atoms with E-state index in [0.29, 0.717) is 12.0 Å². The van der Waals surface area contributed by atoms with Crippen LogP contribution in [0.15, 0.2) is 48.5 Å². The molecule has 1 amide bonds. The zero-order valence-electron chi connectivity index (χ0n) is 31.4. The fourth-order valence-corrected chi connectivity index (χ4v) is 6.01. The van der Waals surface area contributed by atoms with Crippen molar-refractivity contribution in [3.8, 4) is 0 Å². The molecule has 0 radical (unpaired) electrons. The quantitative estimate of drug-likeness (QED) is 0.0532. The molecule has 4 aromatic rings. The van der Waals surface area contributed by atoms with Crippen LogP contribution in [0.4, 0.5) is 5.82 Å². The molecular formula is C38H62N8O4S. The number of nitrogens with two attached hydrogens (primary N) is 2. The number of fused-ring (bicyclic) bond motifs is 3. The van der Waals surface area contributed by atoms with Gasteiger partial charge in [-0.15, -0.1) is 0 Å². The molecule has 8 N–H and O–H groups in total. The van der Waals surface area contributed by atoms with E-state index in [1.807, 2.05) is 51.2 Å². The molecule has 3 heterocycles. The number of aromatic nitrogens is 3. The number of unbranched alkanes of at least 4 members (excludes halogenated alkanes) is 4. The number of primary amides is 1. The van der Waals surface area contributed by atoms with Crippen LogP contribution >= 0.6 is 11.8 Å². The van der Waals surface area contributed by atoms with Crippen LogP contribution in [-0.2, 0) is 20.7 Å². The smallest absolute Gasteiger partial charge is 0.337 e. The molecule has 0 saturated carbocycles. The van der Waals surface area contributed by atoms with Crippen molar-refractivity contribution >= 4 is 58.7 Å². The molecule has 0 spiro atoms. The fourth-order valence-electron chi connectivity index (χ4n) is 4.99. The van der Waals surface area contributed by atoms with E-state index in [2.05, 4.69) is 63.2 Å². The van der Waals surface area contributed by atoms with E-state index in [1.54, 1.807) is 6.07 Å². The maximum absolute atomic E-state index is 12.0. The molecule has 51 heavy (non-hydrogen) atoms. The van der Waals surface area contributed by atoms with Gasteiger partial charge < -0.3 is 41.9 Å². The third kappa shape index (κ3) is 19.2. The first-order chi connectivity index (χ1) is 25.0. The van der Waals surface area contributed by atoms with Gasteiger partial charge in [-0.05, 0) is 89.1 Å². The van der Waals surface area contributed by atoms with E-state index in [1.165, 1.54) is 70.6 Å². The number of rotatable bonds is 14. The number of thioether (sulfide) groups is 1. The summed E-state index contributed by atoms with van der Waals surface area (Å²) < 4.78 is 4.89. The van der Waals surface area contributed by atoms with Crippen LogP contribution in [0.5, 0.6) is 0 Å². The van der Waals surface area contributed by atoms with Crippen molar-refractivity contribution in [3.05, 3.63) is 65.5 Å². The second-order valence-corrected chi connectivity index (χ2v) is 12.4. The Morgan fingerprint density at radius 3 is 2.18 bits per heavy atom. The van der Waals surface area contributed by atoms with Gasteiger partial charge in [-0.2, -0.15) is 11.8 Å². The number of esters is 1. The van der Waals surface area contributed by atoms with Crippen LogP contribution in [0, 0.1) is 0 Å². The number of H-pyrrole nitrogens is 1. The summed E-state index contributed by atoms with van der Waals surface area (Å²) in [6.07, 6.45) is 11.3. The molecule has 284 valence electrons. The number of methoxy groups -OCH3 is 1. The lowest BCUT2D eigenvalue weighted by Crippen LogP contribution is -2.19. The summed E-state index contributed by atoms with van der Waals surface area (Å²) in [5.41, 5.74) is 11.9. The van der Waals surface area contributed by atoms with Crippen molar-refractivity contribution in [1.29, 1.82) is 0 Å². The number of amides is 1. The van der Waals surface area contributed by atoms with E-state index in [9.17, 15) is 4.79 Å². The molecule has 1 fully saturated rings. The summed E-state index contributed by atoms with van der Waals surface area (Å²) in [5.74, 6) is 4.05. The third-order valence-corrected chi connectivity index (χ3v) is 8.39. The molecule has 0 unspecified atom stereocenters. The Morgan fingerprint density at radius 1 is 0.961 bits per heavy atom. The highest BCUT2D eigenvalue weighted by Gasteiger charge is 2.16. The molecule has 0 bridgehead atoms. The highest BCUT2D eigenvalue weighted by molar-refractivity contribution is 7.99. The Bertz CT molecular complexity index is 1440. The summed E-state index contributed by atoms with van der Waals surface area (Å²) in [5, 5.41) is 11.8. The Hall–Kier alpha value is -4.04. The third-order valence-electron chi connectivity index (χ3n) is 7.23. The zero-order chi connectivity index (χ0) is 38.1. The van der Waals surface area contributed by atoms with Crippen LogP contribution in [-0.4, -0.2) is 93.5 Å². The monoisotopic (exact) mass is 726 g/mol. The first kappa shape index (κ1) is 47.0. The topological polar surface area (TPSA) is 190 Å². The minimum absolute atomic E-state index is 0.250. The van der Waals surface area contributed by atoms with Crippen molar-refractivity contribution < 1.29 is 19.1 Å². The van der Waals surface area contributed by atoms with E-state index in [-0.39, 0.29) is 12.4 Å². The van der Waals surface area contributed by atoms with E-state index < -0.39 is 0 Å². The van der Waals surface area contributed by atoms with Gasteiger partial charge in [-0.1, -0.05) is 69.0 Å². The second-order valence-electron chi connectivity index (χ2n) is 11.2. The molecule has 1 saturated heterocycles. The first-order valence-corrected chi connectivity index (χ1v) is 18.8. The largest absolute Gasteiger partial charge is 0.465 e. The van der Waals surface area contributed by atoms with Gasteiger partial charge in [-0.3, -0.25) is 4.79 Å². The van der Waals surface area contributed by atoms with Crippen molar-refractivity contribution in [2.75, 3.05) is 64.7 Å². The molecular weight excluding hydrogens is 665 g/mol. The number of aromatic amines is 1. The number of benzene rings is 2. The van der Waals surface area contributed by atoms with Gasteiger partial charge in [0.05, 0.1) is 18.1 Å². The molecule has 0 atom stereocenters. The standard InChI is InChI=1S/C29H37N5O2.C4H8S.C2H7N.CH3NO.CH5N.CH2O/c1-3-4-5-6-10-16-30-17-11-18-31-27-26-23-15-14-22(29(35)36-2)20-24(23)32-28(26)34-25(33-27)19-21-12-8-7-9-13-21;1-2-4-5-3-1;1-3-2;2-1-3;2*1-2/h7-9,12-15,20,30H,3-6,10-11,16-19H2,1-2H3,(H2,31,32,33,34);1-4H2;3H,1-2H3;1H,(H2,2,3);2H2,1H3;1H2. The average molecular weight is 727 g/mol. The summed E-state index contributed by atoms with van der Waals surface area (Å²) in [4.78, 5) is 41.7. The number of nitrogens with one attached hydrogen (secondary N) is 4. The molecule has 1 aliphatic heterocycles. The van der Waals surface area contributed by atoms with Crippen LogP contribution < -0.4 is 27.4 Å². The molecule has 2 aromatic heterocycles. The Kier molecular flexibility index (Phi) is 29.4. The summed E-state index contributed by atoms with van der Waals surface area (Å²) in [7, 11) is 6.64. The number of nitrogens with zero attached hydrogens (tertiary/aromatic N) is 2. The van der Waals surface area contributed by atoms with Crippen LogP contribution in [0.2, 0.25) is 0 Å². The first-order valence-electron chi connectivity index (χ1n) is 17.6. The lowest BCUT2D eigenvalue weighted by molar-refractivity contribution is -0.107. The van der Waals surface area contributed by atoms with Crippen molar-refractivity contribution in [3.63, 3.8) is 0 Å². The van der Waals surface area contributed by atoms with E-state index in [4.69, 9.17) is 24.3 Å². The molecule has 1 aliphatic rings. The van der Waals surface area contributed by atoms with Crippen LogP contribution in [0.3, 0.4) is 0 Å². The lowest BCUT2D eigenvalue weighted by atomic mass is 10.1. The van der Waals surface area contributed by atoms with Gasteiger partial charge in [0.15, 0.2) is 0 Å². The summed E-state index contributed by atoms with van der Waals surface area (Å²) >= 11 is 2.07. The highest BCUT2D eigenvalue weighted by Crippen LogP contribution is 2.31. The molecule has 12 nitrogen and oxygen atoms in total. The molecule has 13 heteroatoms. The minimum atomic E-state index is -0.359. The number of hydrogen-bond donors (Lipinski definition) is 6. The van der Waals surface area contributed by atoms with Crippen molar-refractivity contribution in [2.45, 2.75) is 64.7 Å². The molecule has 0 aliphatic carbocycles. The van der Waals surface area contributed by atoms with Crippen molar-refractivity contribution in [2.24, 2.45) is 11.5 Å². The second kappa shape index (κ2) is 31.9. The summed E-state index contributed by atoms with van der Waals surface area (Å²) in [6.45, 7) is 7.11. The number of carbonyl (C=O) groups excluding carboxylic acids is 3. The number of carbonyl (C=O) groups is 3. The van der Waals surface area contributed by atoms with E-state index in [0.717, 1.165) is 65.2 Å². The Labute approximate surface area is 309 Å². The fraction of sp³-hybridized carbons (Fsp3) is 0.500. The number of anilines is 1. The van der Waals surface area contributed by atoms with Crippen molar-refractivity contribution in [1.82, 2.24) is 25.6 Å². The van der Waals surface area contributed by atoms with Gasteiger partial charge in [-0.25, -0.2) is 14.8 Å². The van der Waals surface area contributed by atoms with Gasteiger partial charge in [0.1, 0.15) is 24.1 Å². The number of hydrogen-bond acceptors (Lipinski definition) is 11. The Morgan fingerprint density at radius 2 is 1.59 bits per heavy atom. The van der Waals surface area contributed by atoms with Gasteiger partial charge in [0.25, 0.3) is 0 Å². The van der Waals surface area contributed by atoms with Gasteiger partial charge in [0.2, 0.25) is 6.41 Å². The highest BCUT2D eigenvalue weighted by atomic mass is 32.2. The lowest BCUT2D eigenvalue weighted by Gasteiger charge is -2.10.